The van der Waals surface area contributed by atoms with Gasteiger partial charge in [-0.3, -0.25) is 4.79 Å². The average Bonchev–Trinajstić information content (AvgIpc) is 2.84. The number of nitrogens with zero attached hydrogens (tertiary/aromatic N) is 1. The molecule has 2 aliphatic rings. The Morgan fingerprint density at radius 1 is 1.05 bits per heavy atom. The van der Waals surface area contributed by atoms with E-state index in [2.05, 4.69) is 5.18 Å². The monoisotopic (exact) mass is 283 g/mol. The van der Waals surface area contributed by atoms with E-state index in [0.29, 0.717) is 0 Å². The quantitative estimate of drug-likeness (QED) is 0.776. The zero-order chi connectivity index (χ0) is 14.8. The van der Waals surface area contributed by atoms with Gasteiger partial charge in [-0.15, -0.1) is 4.91 Å². The Morgan fingerprint density at radius 3 is 2.57 bits per heavy atom. The lowest BCUT2D eigenvalue weighted by Crippen LogP contribution is -2.48. The number of nitroso groups, excluding NO2 is 1. The van der Waals surface area contributed by atoms with Crippen LogP contribution in [0.4, 0.5) is 5.69 Å². The first kappa shape index (κ1) is 12.2. The number of benzene rings is 2. The molecule has 0 radical (unpaired) electrons. The smallest absolute Gasteiger partial charge is 0.276 e. The van der Waals surface area contributed by atoms with E-state index in [1.165, 1.54) is 30.3 Å². The van der Waals surface area contributed by atoms with Crippen molar-refractivity contribution in [3.63, 3.8) is 0 Å². The minimum atomic E-state index is -2.27. The van der Waals surface area contributed by atoms with Gasteiger partial charge in [0.25, 0.3) is 5.79 Å². The third-order valence-electron chi connectivity index (χ3n) is 4.07. The fourth-order valence-corrected chi connectivity index (χ4v) is 3.06. The van der Waals surface area contributed by atoms with Gasteiger partial charge in [0.2, 0.25) is 11.4 Å². The van der Waals surface area contributed by atoms with Gasteiger partial charge in [-0.1, -0.05) is 24.3 Å². The number of carbonyl (C=O) groups excluding carboxylic acids is 1. The van der Waals surface area contributed by atoms with E-state index < -0.39 is 17.2 Å². The fraction of sp³-hybridized carbons (Fsp3) is 0.133. The zero-order valence-corrected chi connectivity index (χ0v) is 10.6. The van der Waals surface area contributed by atoms with Gasteiger partial charge in [0, 0.05) is 16.7 Å². The molecule has 0 bridgehead atoms. The van der Waals surface area contributed by atoms with Crippen molar-refractivity contribution in [2.45, 2.75) is 11.4 Å². The lowest BCUT2D eigenvalue weighted by Gasteiger charge is -2.28. The predicted octanol–water partition coefficient (Wildman–Crippen LogP) is 1.71. The molecule has 0 amide bonds. The molecule has 2 aromatic rings. The molecule has 1 aliphatic heterocycles. The number of rotatable bonds is 1. The van der Waals surface area contributed by atoms with Crippen LogP contribution in [0.25, 0.3) is 0 Å². The molecule has 1 heterocycles. The number of fused-ring (bicyclic) bond motifs is 5. The predicted molar refractivity (Wildman–Crippen MR) is 71.1 cm³/mol. The lowest BCUT2D eigenvalue weighted by atomic mass is 9.87. The Bertz CT molecular complexity index is 817. The van der Waals surface area contributed by atoms with E-state index in [1.807, 2.05) is 0 Å². The third-order valence-corrected chi connectivity index (χ3v) is 4.07. The van der Waals surface area contributed by atoms with Gasteiger partial charge >= 0.3 is 0 Å². The third kappa shape index (κ3) is 1.17. The van der Waals surface area contributed by atoms with Crippen molar-refractivity contribution in [1.29, 1.82) is 0 Å². The highest BCUT2D eigenvalue weighted by molar-refractivity contribution is 6.09. The Kier molecular flexibility index (Phi) is 2.06. The maximum atomic E-state index is 12.6. The summed E-state index contributed by atoms with van der Waals surface area (Å²) in [5, 5.41) is 24.5. The van der Waals surface area contributed by atoms with Crippen LogP contribution in [0.2, 0.25) is 0 Å². The molecule has 0 saturated heterocycles. The molecule has 2 unspecified atom stereocenters. The Morgan fingerprint density at radius 2 is 1.81 bits per heavy atom. The van der Waals surface area contributed by atoms with Gasteiger partial charge in [0.15, 0.2) is 0 Å². The largest absolute Gasteiger partial charge is 0.454 e. The molecule has 0 saturated carbocycles. The number of carbonyl (C=O) groups is 1. The minimum Gasteiger partial charge on any atom is -0.454 e. The van der Waals surface area contributed by atoms with Gasteiger partial charge in [0.1, 0.15) is 11.4 Å². The first-order valence-electron chi connectivity index (χ1n) is 6.28. The molecule has 0 aromatic heterocycles. The van der Waals surface area contributed by atoms with E-state index in [-0.39, 0.29) is 28.1 Å². The summed E-state index contributed by atoms with van der Waals surface area (Å²) in [6.07, 6.45) is 0. The zero-order valence-electron chi connectivity index (χ0n) is 10.6. The second kappa shape index (κ2) is 3.55. The van der Waals surface area contributed by atoms with Gasteiger partial charge in [-0.05, 0) is 23.4 Å². The molecule has 0 spiro atoms. The highest BCUT2D eigenvalue weighted by atomic mass is 16.7. The molecule has 4 rings (SSSR count). The van der Waals surface area contributed by atoms with E-state index in [9.17, 15) is 19.9 Å². The normalized spacial score (nSPS) is 28.6. The van der Waals surface area contributed by atoms with Crippen molar-refractivity contribution in [1.82, 2.24) is 0 Å². The topological polar surface area (TPSA) is 96.2 Å². The van der Waals surface area contributed by atoms with E-state index in [4.69, 9.17) is 4.74 Å². The van der Waals surface area contributed by atoms with Gasteiger partial charge < -0.3 is 14.9 Å². The SMILES string of the molecule is O=Nc1ccc2c(c1)C1(O)C(=O)c3ccccc3C1(O)O2. The molecule has 1 aliphatic carbocycles. The van der Waals surface area contributed by atoms with Crippen LogP contribution in [-0.4, -0.2) is 16.0 Å². The minimum absolute atomic E-state index is 0.0405. The molecular formula is C15H9NO5. The summed E-state index contributed by atoms with van der Waals surface area (Å²) in [5.74, 6) is -2.71. The Hall–Kier alpha value is -2.57. The first-order valence-corrected chi connectivity index (χ1v) is 6.28. The lowest BCUT2D eigenvalue weighted by molar-refractivity contribution is -0.224. The van der Waals surface area contributed by atoms with Crippen LogP contribution in [0.5, 0.6) is 5.75 Å². The maximum Gasteiger partial charge on any atom is 0.276 e. The summed E-state index contributed by atoms with van der Waals surface area (Å²) in [6, 6.07) is 10.3. The average molecular weight is 283 g/mol. The maximum absolute atomic E-state index is 12.6. The summed E-state index contributed by atoms with van der Waals surface area (Å²) in [5.41, 5.74) is -1.79. The van der Waals surface area contributed by atoms with Crippen LogP contribution in [0.15, 0.2) is 47.6 Å². The number of ketones is 1. The van der Waals surface area contributed by atoms with Crippen LogP contribution in [0.1, 0.15) is 21.5 Å². The number of aliphatic hydroxyl groups is 2. The molecule has 2 atom stereocenters. The standard InChI is InChI=1S/C15H9NO5/c17-13-9-3-1-2-4-10(9)15(19)14(13,18)11-7-8(16-20)5-6-12(11)21-15/h1-7,18-19H. The van der Waals surface area contributed by atoms with Gasteiger partial charge in [-0.2, -0.15) is 0 Å². The molecule has 2 N–H and O–H groups in total. The first-order chi connectivity index (χ1) is 10.0. The van der Waals surface area contributed by atoms with Crippen molar-refractivity contribution in [2.24, 2.45) is 5.18 Å². The van der Waals surface area contributed by atoms with Gasteiger partial charge in [0.05, 0.1) is 0 Å². The van der Waals surface area contributed by atoms with Crippen molar-refractivity contribution in [3.05, 3.63) is 64.1 Å². The van der Waals surface area contributed by atoms with Gasteiger partial charge in [-0.25, -0.2) is 0 Å². The van der Waals surface area contributed by atoms with Crippen LogP contribution in [0.3, 0.4) is 0 Å². The van der Waals surface area contributed by atoms with E-state index in [1.54, 1.807) is 12.1 Å². The summed E-state index contributed by atoms with van der Waals surface area (Å²) >= 11 is 0. The summed E-state index contributed by atoms with van der Waals surface area (Å²) in [7, 11) is 0. The number of Topliss-reactive ketones (excluding diaryl/α,β-unsaturated/α-hetero) is 1. The number of ether oxygens (including phenoxy) is 1. The Labute approximate surface area is 118 Å². The fourth-order valence-electron chi connectivity index (χ4n) is 3.06. The molecule has 104 valence electrons. The molecule has 6 nitrogen and oxygen atoms in total. The van der Waals surface area contributed by atoms with Crippen molar-refractivity contribution < 1.29 is 19.7 Å². The Balaban J connectivity index is 2.04. The molecular weight excluding hydrogens is 274 g/mol. The van der Waals surface area contributed by atoms with Crippen LogP contribution >= 0.6 is 0 Å². The highest BCUT2D eigenvalue weighted by Gasteiger charge is 2.70. The van der Waals surface area contributed by atoms with Crippen LogP contribution in [-0.2, 0) is 11.4 Å². The van der Waals surface area contributed by atoms with Crippen LogP contribution < -0.4 is 4.74 Å². The number of hydrogen-bond donors (Lipinski definition) is 2. The highest BCUT2D eigenvalue weighted by Crippen LogP contribution is 2.58. The second-order valence-electron chi connectivity index (χ2n) is 5.10. The van der Waals surface area contributed by atoms with E-state index >= 15 is 0 Å². The summed E-state index contributed by atoms with van der Waals surface area (Å²) < 4.78 is 5.46. The van der Waals surface area contributed by atoms with E-state index in [0.717, 1.165) is 0 Å². The second-order valence-corrected chi connectivity index (χ2v) is 5.10. The van der Waals surface area contributed by atoms with Crippen molar-refractivity contribution >= 4 is 11.5 Å². The molecule has 6 heteroatoms. The molecule has 21 heavy (non-hydrogen) atoms. The molecule has 0 fully saturated rings. The summed E-state index contributed by atoms with van der Waals surface area (Å²) in [6.45, 7) is 0. The number of hydrogen-bond acceptors (Lipinski definition) is 6. The van der Waals surface area contributed by atoms with Crippen molar-refractivity contribution in [3.8, 4) is 5.75 Å². The summed E-state index contributed by atoms with van der Waals surface area (Å²) in [4.78, 5) is 23.2. The van der Waals surface area contributed by atoms with Crippen LogP contribution in [0, 0.1) is 4.91 Å². The molecule has 2 aromatic carbocycles. The van der Waals surface area contributed by atoms with Crippen molar-refractivity contribution in [2.75, 3.05) is 0 Å².